The van der Waals surface area contributed by atoms with Crippen LogP contribution in [0.3, 0.4) is 0 Å². The molecule has 0 saturated carbocycles. The third-order valence-corrected chi connectivity index (χ3v) is 3.69. The molecule has 0 aliphatic heterocycles. The summed E-state index contributed by atoms with van der Waals surface area (Å²) in [5, 5.41) is 4.71. The lowest BCUT2D eigenvalue weighted by Crippen LogP contribution is -2.17. The van der Waals surface area contributed by atoms with Crippen molar-refractivity contribution in [3.63, 3.8) is 0 Å². The van der Waals surface area contributed by atoms with E-state index in [1.54, 1.807) is 0 Å². The minimum Gasteiger partial charge on any atom is -0.383 e. The summed E-state index contributed by atoms with van der Waals surface area (Å²) in [7, 11) is 0. The number of anilines is 1. The van der Waals surface area contributed by atoms with E-state index < -0.39 is 0 Å². The van der Waals surface area contributed by atoms with E-state index in [0.717, 1.165) is 29.2 Å². The Morgan fingerprint density at radius 3 is 2.39 bits per heavy atom. The number of benzene rings is 1. The van der Waals surface area contributed by atoms with Crippen LogP contribution >= 0.6 is 0 Å². The summed E-state index contributed by atoms with van der Waals surface area (Å²) in [6, 6.07) is 10.0. The zero-order chi connectivity index (χ0) is 13.3. The minimum atomic E-state index is 0.0538. The number of rotatable bonds is 3. The van der Waals surface area contributed by atoms with Gasteiger partial charge < -0.3 is 5.73 Å². The van der Waals surface area contributed by atoms with Crippen molar-refractivity contribution >= 4 is 5.82 Å². The van der Waals surface area contributed by atoms with Gasteiger partial charge in [-0.05, 0) is 25.5 Å². The topological polar surface area (TPSA) is 43.8 Å². The van der Waals surface area contributed by atoms with Crippen molar-refractivity contribution in [3.8, 4) is 5.69 Å². The number of aromatic nitrogens is 2. The molecule has 0 spiro atoms. The van der Waals surface area contributed by atoms with Gasteiger partial charge in [-0.25, -0.2) is 4.68 Å². The minimum absolute atomic E-state index is 0.0538. The van der Waals surface area contributed by atoms with Gasteiger partial charge in [-0.15, -0.1) is 0 Å². The second-order valence-corrected chi connectivity index (χ2v) is 5.34. The van der Waals surface area contributed by atoms with E-state index in [0.29, 0.717) is 0 Å². The summed E-state index contributed by atoms with van der Waals surface area (Å²) in [4.78, 5) is 0. The van der Waals surface area contributed by atoms with Gasteiger partial charge in [0.15, 0.2) is 0 Å². The highest BCUT2D eigenvalue weighted by Crippen LogP contribution is 2.32. The zero-order valence-corrected chi connectivity index (χ0v) is 11.6. The van der Waals surface area contributed by atoms with Gasteiger partial charge in [0.1, 0.15) is 5.82 Å². The molecule has 96 valence electrons. The monoisotopic (exact) mass is 243 g/mol. The first-order valence-corrected chi connectivity index (χ1v) is 6.38. The summed E-state index contributed by atoms with van der Waals surface area (Å²) in [5.74, 6) is 0.734. The molecule has 0 radical (unpaired) electrons. The number of para-hydroxylation sites is 1. The zero-order valence-electron chi connectivity index (χ0n) is 11.6. The highest BCUT2D eigenvalue weighted by atomic mass is 15.3. The second kappa shape index (κ2) is 4.48. The predicted octanol–water partition coefficient (Wildman–Crippen LogP) is 3.45. The third-order valence-electron chi connectivity index (χ3n) is 3.69. The Kier molecular flexibility index (Phi) is 3.16. The summed E-state index contributed by atoms with van der Waals surface area (Å²) in [6.45, 7) is 8.64. The predicted molar refractivity (Wildman–Crippen MR) is 76.0 cm³/mol. The largest absolute Gasteiger partial charge is 0.383 e. The van der Waals surface area contributed by atoms with Gasteiger partial charge in [0.25, 0.3) is 0 Å². The fraction of sp³-hybridized carbons (Fsp3) is 0.400. The summed E-state index contributed by atoms with van der Waals surface area (Å²) in [6.07, 6.45) is 1.04. The smallest absolute Gasteiger partial charge is 0.130 e. The third kappa shape index (κ3) is 2.01. The SMILES string of the molecule is CCC(C)(C)c1nn(-c2ccccc2)c(N)c1C. The lowest BCUT2D eigenvalue weighted by molar-refractivity contribution is 0.483. The molecule has 1 aromatic carbocycles. The van der Waals surface area contributed by atoms with E-state index in [-0.39, 0.29) is 5.41 Å². The highest BCUT2D eigenvalue weighted by Gasteiger charge is 2.26. The average Bonchev–Trinajstić information content (AvgIpc) is 2.68. The van der Waals surface area contributed by atoms with E-state index >= 15 is 0 Å². The Morgan fingerprint density at radius 1 is 1.22 bits per heavy atom. The van der Waals surface area contributed by atoms with Crippen LogP contribution in [0.25, 0.3) is 5.69 Å². The van der Waals surface area contributed by atoms with Crippen molar-refractivity contribution in [2.75, 3.05) is 5.73 Å². The molecule has 0 unspecified atom stereocenters. The van der Waals surface area contributed by atoms with Crippen LogP contribution in [-0.2, 0) is 5.41 Å². The molecule has 2 rings (SSSR count). The molecule has 0 aliphatic carbocycles. The van der Waals surface area contributed by atoms with E-state index in [2.05, 4.69) is 27.7 Å². The van der Waals surface area contributed by atoms with Gasteiger partial charge in [-0.3, -0.25) is 0 Å². The molecule has 0 atom stereocenters. The van der Waals surface area contributed by atoms with Crippen LogP contribution in [-0.4, -0.2) is 9.78 Å². The van der Waals surface area contributed by atoms with Gasteiger partial charge >= 0.3 is 0 Å². The Bertz CT molecular complexity index is 538. The van der Waals surface area contributed by atoms with E-state index in [1.807, 2.05) is 35.0 Å². The molecule has 1 heterocycles. The van der Waals surface area contributed by atoms with E-state index in [4.69, 9.17) is 10.8 Å². The van der Waals surface area contributed by atoms with Crippen LogP contribution in [0.15, 0.2) is 30.3 Å². The van der Waals surface area contributed by atoms with Crippen LogP contribution in [0.4, 0.5) is 5.82 Å². The van der Waals surface area contributed by atoms with Crippen molar-refractivity contribution in [1.29, 1.82) is 0 Å². The molecule has 2 N–H and O–H groups in total. The molecule has 0 amide bonds. The highest BCUT2D eigenvalue weighted by molar-refractivity contribution is 5.50. The maximum absolute atomic E-state index is 6.19. The number of nitrogens with two attached hydrogens (primary N) is 1. The molecule has 3 heteroatoms. The fourth-order valence-electron chi connectivity index (χ4n) is 2.09. The molecule has 0 bridgehead atoms. The summed E-state index contributed by atoms with van der Waals surface area (Å²) in [5.41, 5.74) is 9.43. The maximum Gasteiger partial charge on any atom is 0.130 e. The molecular weight excluding hydrogens is 222 g/mol. The lowest BCUT2D eigenvalue weighted by Gasteiger charge is -2.20. The Balaban J connectivity index is 2.57. The lowest BCUT2D eigenvalue weighted by atomic mass is 9.84. The maximum atomic E-state index is 6.19. The van der Waals surface area contributed by atoms with E-state index in [1.165, 1.54) is 0 Å². The van der Waals surface area contributed by atoms with Crippen molar-refractivity contribution in [2.45, 2.75) is 39.5 Å². The number of hydrogen-bond acceptors (Lipinski definition) is 2. The Hall–Kier alpha value is -1.77. The van der Waals surface area contributed by atoms with E-state index in [9.17, 15) is 0 Å². The molecule has 3 nitrogen and oxygen atoms in total. The molecule has 0 saturated heterocycles. The van der Waals surface area contributed by atoms with Gasteiger partial charge in [0.2, 0.25) is 0 Å². The first-order chi connectivity index (χ1) is 8.47. The van der Waals surface area contributed by atoms with Gasteiger partial charge in [0.05, 0.1) is 11.4 Å². The Labute approximate surface area is 109 Å². The molecular formula is C15H21N3. The van der Waals surface area contributed by atoms with Crippen molar-refractivity contribution in [2.24, 2.45) is 0 Å². The van der Waals surface area contributed by atoms with Crippen LogP contribution < -0.4 is 5.73 Å². The number of nitrogen functional groups attached to an aromatic ring is 1. The Morgan fingerprint density at radius 2 is 1.83 bits per heavy atom. The van der Waals surface area contributed by atoms with Gasteiger partial charge in [0, 0.05) is 11.0 Å². The summed E-state index contributed by atoms with van der Waals surface area (Å²) < 4.78 is 1.84. The quantitative estimate of drug-likeness (QED) is 0.897. The number of hydrogen-bond donors (Lipinski definition) is 1. The average molecular weight is 243 g/mol. The van der Waals surface area contributed by atoms with Crippen LogP contribution in [0, 0.1) is 6.92 Å². The first kappa shape index (κ1) is 12.7. The fourth-order valence-corrected chi connectivity index (χ4v) is 2.09. The molecule has 0 aliphatic rings. The second-order valence-electron chi connectivity index (χ2n) is 5.34. The van der Waals surface area contributed by atoms with Crippen molar-refractivity contribution in [3.05, 3.63) is 41.6 Å². The van der Waals surface area contributed by atoms with Gasteiger partial charge in [-0.2, -0.15) is 5.10 Å². The molecule has 2 aromatic rings. The normalized spacial score (nSPS) is 11.8. The molecule has 1 aromatic heterocycles. The van der Waals surface area contributed by atoms with Crippen LogP contribution in [0.5, 0.6) is 0 Å². The first-order valence-electron chi connectivity index (χ1n) is 6.38. The van der Waals surface area contributed by atoms with Crippen molar-refractivity contribution in [1.82, 2.24) is 9.78 Å². The van der Waals surface area contributed by atoms with Crippen LogP contribution in [0.1, 0.15) is 38.4 Å². The van der Waals surface area contributed by atoms with Crippen molar-refractivity contribution < 1.29 is 0 Å². The standard InChI is InChI=1S/C15H21N3/c1-5-15(3,4)13-11(2)14(16)18(17-13)12-9-7-6-8-10-12/h6-10H,5,16H2,1-4H3. The molecule has 0 fully saturated rings. The molecule has 18 heavy (non-hydrogen) atoms. The number of nitrogens with zero attached hydrogens (tertiary/aromatic N) is 2. The van der Waals surface area contributed by atoms with Gasteiger partial charge in [-0.1, -0.05) is 39.0 Å². The summed E-state index contributed by atoms with van der Waals surface area (Å²) >= 11 is 0. The van der Waals surface area contributed by atoms with Crippen LogP contribution in [0.2, 0.25) is 0 Å².